The molecule has 0 amide bonds. The number of hydrogen-bond acceptors (Lipinski definition) is 4. The average Bonchev–Trinajstić information content (AvgIpc) is 2.40. The van der Waals surface area contributed by atoms with Crippen molar-refractivity contribution in [3.05, 3.63) is 23.3 Å². The number of aromatic hydroxyl groups is 2. The molecule has 0 atom stereocenters. The molecule has 0 aliphatic heterocycles. The molecule has 0 aromatic heterocycles. The second-order valence-electron chi connectivity index (χ2n) is 4.71. The number of hydrogen-bond donors (Lipinski definition) is 3. The van der Waals surface area contributed by atoms with Gasteiger partial charge in [-0.15, -0.1) is 0 Å². The Bertz CT molecular complexity index is 441. The topological polar surface area (TPSA) is 73.1 Å². The van der Waals surface area contributed by atoms with Gasteiger partial charge < -0.3 is 15.4 Å². The minimum absolute atomic E-state index is 0.0514. The van der Waals surface area contributed by atoms with Gasteiger partial charge in [0.1, 0.15) is 11.5 Å². The lowest BCUT2D eigenvalue weighted by atomic mass is 9.99. The van der Waals surface area contributed by atoms with Gasteiger partial charge in [-0.2, -0.15) is 0 Å². The van der Waals surface area contributed by atoms with Gasteiger partial charge in [0.15, 0.2) is 0 Å². The van der Waals surface area contributed by atoms with E-state index in [9.17, 15) is 10.2 Å². The van der Waals surface area contributed by atoms with Crippen LogP contribution >= 0.6 is 0 Å². The van der Waals surface area contributed by atoms with E-state index >= 15 is 0 Å². The van der Waals surface area contributed by atoms with Gasteiger partial charge in [0, 0.05) is 11.6 Å². The van der Waals surface area contributed by atoms with Crippen molar-refractivity contribution >= 4 is 5.71 Å². The maximum Gasteiger partial charge on any atom is 0.128 e. The van der Waals surface area contributed by atoms with E-state index in [1.54, 1.807) is 6.07 Å². The normalized spacial score (nSPS) is 11.8. The second-order valence-corrected chi connectivity index (χ2v) is 4.71. The number of phenols is 2. The SMILES string of the molecule is CCCCCCc1cc(/C(CC)=N\O)c(O)cc1O. The van der Waals surface area contributed by atoms with E-state index in [-0.39, 0.29) is 11.5 Å². The maximum atomic E-state index is 9.84. The average molecular weight is 265 g/mol. The number of nitrogens with zero attached hydrogens (tertiary/aromatic N) is 1. The van der Waals surface area contributed by atoms with Crippen molar-refractivity contribution in [1.82, 2.24) is 0 Å². The van der Waals surface area contributed by atoms with Crippen molar-refractivity contribution in [3.8, 4) is 11.5 Å². The van der Waals surface area contributed by atoms with E-state index < -0.39 is 0 Å². The van der Waals surface area contributed by atoms with Crippen LogP contribution in [0, 0.1) is 0 Å². The first kappa shape index (κ1) is 15.3. The fourth-order valence-corrected chi connectivity index (χ4v) is 2.11. The quantitative estimate of drug-likeness (QED) is 0.304. The van der Waals surface area contributed by atoms with E-state index in [1.807, 2.05) is 6.92 Å². The van der Waals surface area contributed by atoms with E-state index in [1.165, 1.54) is 18.9 Å². The van der Waals surface area contributed by atoms with Gasteiger partial charge >= 0.3 is 0 Å². The lowest BCUT2D eigenvalue weighted by Crippen LogP contribution is -2.01. The molecule has 0 aliphatic rings. The van der Waals surface area contributed by atoms with Crippen LogP contribution in [0.3, 0.4) is 0 Å². The van der Waals surface area contributed by atoms with Gasteiger partial charge in [-0.05, 0) is 30.9 Å². The van der Waals surface area contributed by atoms with Crippen LogP contribution in [0.1, 0.15) is 57.1 Å². The first-order valence-corrected chi connectivity index (χ1v) is 6.90. The summed E-state index contributed by atoms with van der Waals surface area (Å²) in [7, 11) is 0. The number of phenolic OH excluding ortho intramolecular Hbond substituents is 2. The Morgan fingerprint density at radius 2 is 1.79 bits per heavy atom. The van der Waals surface area contributed by atoms with Gasteiger partial charge in [0.05, 0.1) is 5.71 Å². The van der Waals surface area contributed by atoms with Crippen LogP contribution in [0.25, 0.3) is 0 Å². The van der Waals surface area contributed by atoms with Crippen molar-refractivity contribution in [2.24, 2.45) is 5.16 Å². The summed E-state index contributed by atoms with van der Waals surface area (Å²) >= 11 is 0. The van der Waals surface area contributed by atoms with Crippen molar-refractivity contribution < 1.29 is 15.4 Å². The zero-order valence-electron chi connectivity index (χ0n) is 11.7. The van der Waals surface area contributed by atoms with Gasteiger partial charge in [-0.3, -0.25) is 0 Å². The highest BCUT2D eigenvalue weighted by atomic mass is 16.4. The molecule has 19 heavy (non-hydrogen) atoms. The van der Waals surface area contributed by atoms with Gasteiger partial charge in [0.25, 0.3) is 0 Å². The van der Waals surface area contributed by atoms with E-state index in [4.69, 9.17) is 5.21 Å². The molecule has 3 N–H and O–H groups in total. The predicted molar refractivity (Wildman–Crippen MR) is 76.2 cm³/mol. The third kappa shape index (κ3) is 4.16. The molecule has 1 aromatic carbocycles. The molecule has 1 rings (SSSR count). The first-order valence-electron chi connectivity index (χ1n) is 6.90. The number of aryl methyl sites for hydroxylation is 1. The van der Waals surface area contributed by atoms with Gasteiger partial charge in [-0.1, -0.05) is 38.3 Å². The highest BCUT2D eigenvalue weighted by Gasteiger charge is 2.12. The Morgan fingerprint density at radius 3 is 2.37 bits per heavy atom. The van der Waals surface area contributed by atoms with Crippen LogP contribution in [0.2, 0.25) is 0 Å². The van der Waals surface area contributed by atoms with Crippen molar-refractivity contribution in [3.63, 3.8) is 0 Å². The fraction of sp³-hybridized carbons (Fsp3) is 0.533. The van der Waals surface area contributed by atoms with Crippen molar-refractivity contribution in [2.75, 3.05) is 0 Å². The zero-order valence-corrected chi connectivity index (χ0v) is 11.7. The fourth-order valence-electron chi connectivity index (χ4n) is 2.11. The minimum atomic E-state index is -0.0514. The smallest absolute Gasteiger partial charge is 0.128 e. The molecule has 0 unspecified atom stereocenters. The minimum Gasteiger partial charge on any atom is -0.508 e. The van der Waals surface area contributed by atoms with Crippen molar-refractivity contribution in [1.29, 1.82) is 0 Å². The van der Waals surface area contributed by atoms with E-state index in [0.717, 1.165) is 24.8 Å². The number of unbranched alkanes of at least 4 members (excludes halogenated alkanes) is 3. The summed E-state index contributed by atoms with van der Waals surface area (Å²) in [6.07, 6.45) is 5.77. The lowest BCUT2D eigenvalue weighted by molar-refractivity contribution is 0.318. The molecule has 0 bridgehead atoms. The highest BCUT2D eigenvalue weighted by molar-refractivity contribution is 6.02. The highest BCUT2D eigenvalue weighted by Crippen LogP contribution is 2.29. The molecule has 0 spiro atoms. The summed E-state index contributed by atoms with van der Waals surface area (Å²) in [5.74, 6) is 0.0515. The Hall–Kier alpha value is -1.71. The van der Waals surface area contributed by atoms with Crippen LogP contribution < -0.4 is 0 Å². The third-order valence-electron chi connectivity index (χ3n) is 3.26. The van der Waals surface area contributed by atoms with Gasteiger partial charge in [0.2, 0.25) is 0 Å². The molecule has 1 aromatic rings. The van der Waals surface area contributed by atoms with Crippen molar-refractivity contribution in [2.45, 2.75) is 52.4 Å². The largest absolute Gasteiger partial charge is 0.508 e. The molecule has 0 fully saturated rings. The summed E-state index contributed by atoms with van der Waals surface area (Å²) in [5.41, 5.74) is 1.71. The molecule has 0 radical (unpaired) electrons. The first-order chi connectivity index (χ1) is 9.13. The van der Waals surface area contributed by atoms with E-state index in [0.29, 0.717) is 17.7 Å². The van der Waals surface area contributed by atoms with Crippen LogP contribution in [0.15, 0.2) is 17.3 Å². The van der Waals surface area contributed by atoms with Crippen LogP contribution in [-0.2, 0) is 6.42 Å². The van der Waals surface area contributed by atoms with E-state index in [2.05, 4.69) is 12.1 Å². The number of benzene rings is 1. The second kappa shape index (κ2) is 7.67. The Morgan fingerprint density at radius 1 is 1.05 bits per heavy atom. The van der Waals surface area contributed by atoms with Crippen LogP contribution in [0.5, 0.6) is 11.5 Å². The number of oxime groups is 1. The van der Waals surface area contributed by atoms with Gasteiger partial charge in [-0.25, -0.2) is 0 Å². The molecule has 0 aliphatic carbocycles. The summed E-state index contributed by atoms with van der Waals surface area (Å²) in [5, 5.41) is 31.8. The predicted octanol–water partition coefficient (Wildman–Crippen LogP) is 3.81. The molecule has 4 nitrogen and oxygen atoms in total. The number of rotatable bonds is 7. The monoisotopic (exact) mass is 265 g/mol. The third-order valence-corrected chi connectivity index (χ3v) is 3.26. The molecular weight excluding hydrogens is 242 g/mol. The zero-order chi connectivity index (χ0) is 14.3. The molecule has 0 saturated heterocycles. The summed E-state index contributed by atoms with van der Waals surface area (Å²) in [6.45, 7) is 4.00. The molecular formula is C15H23NO3. The summed E-state index contributed by atoms with van der Waals surface area (Å²) < 4.78 is 0. The molecule has 4 heteroatoms. The Labute approximate surface area is 114 Å². The molecule has 0 heterocycles. The Kier molecular flexibility index (Phi) is 6.19. The molecule has 106 valence electrons. The molecule has 0 saturated carbocycles. The van der Waals surface area contributed by atoms with Crippen LogP contribution in [-0.4, -0.2) is 21.1 Å². The Balaban J connectivity index is 2.90. The maximum absolute atomic E-state index is 9.84. The summed E-state index contributed by atoms with van der Waals surface area (Å²) in [6, 6.07) is 3.04. The standard InChI is InChI=1S/C15H23NO3/c1-3-5-6-7-8-11-9-12(13(4-2)16-19)15(18)10-14(11)17/h9-10,17-19H,3-8H2,1-2H3/b16-13-. The lowest BCUT2D eigenvalue weighted by Gasteiger charge is -2.10. The summed E-state index contributed by atoms with van der Waals surface area (Å²) in [4.78, 5) is 0. The van der Waals surface area contributed by atoms with Crippen LogP contribution in [0.4, 0.5) is 0 Å².